The molecule has 0 heterocycles. The van der Waals surface area contributed by atoms with Gasteiger partial charge in [-0.05, 0) is 56.2 Å². The second-order valence-corrected chi connectivity index (χ2v) is 7.35. The number of ketones is 1. The summed E-state index contributed by atoms with van der Waals surface area (Å²) in [6.07, 6.45) is 0.399. The summed E-state index contributed by atoms with van der Waals surface area (Å²) in [6.45, 7) is 4.04. The van der Waals surface area contributed by atoms with E-state index >= 15 is 0 Å². The molecular formula is C26H26O4. The van der Waals surface area contributed by atoms with E-state index in [4.69, 9.17) is 9.47 Å². The third-order valence-electron chi connectivity index (χ3n) is 5.03. The molecule has 0 aliphatic carbocycles. The Morgan fingerprint density at radius 3 is 2.03 bits per heavy atom. The van der Waals surface area contributed by atoms with Crippen molar-refractivity contribution in [1.29, 1.82) is 0 Å². The summed E-state index contributed by atoms with van der Waals surface area (Å²) in [5, 5.41) is 0. The van der Waals surface area contributed by atoms with E-state index < -0.39 is 5.92 Å². The van der Waals surface area contributed by atoms with Crippen LogP contribution in [-0.2, 0) is 4.74 Å². The molecular weight excluding hydrogens is 376 g/mol. The van der Waals surface area contributed by atoms with Gasteiger partial charge in [0.25, 0.3) is 0 Å². The normalized spacial score (nSPS) is 11.6. The maximum Gasteiger partial charge on any atom is 0.338 e. The van der Waals surface area contributed by atoms with E-state index in [1.165, 1.54) is 0 Å². The van der Waals surface area contributed by atoms with Crippen molar-refractivity contribution in [2.45, 2.75) is 26.2 Å². The molecule has 30 heavy (non-hydrogen) atoms. The molecule has 4 nitrogen and oxygen atoms in total. The molecule has 0 aliphatic rings. The maximum absolute atomic E-state index is 13.3. The van der Waals surface area contributed by atoms with E-state index in [9.17, 15) is 9.59 Å². The zero-order chi connectivity index (χ0) is 21.5. The highest BCUT2D eigenvalue weighted by atomic mass is 16.5. The molecule has 3 aromatic carbocycles. The van der Waals surface area contributed by atoms with Gasteiger partial charge in [0.15, 0.2) is 5.78 Å². The lowest BCUT2D eigenvalue weighted by molar-refractivity contribution is 0.0487. The molecule has 0 fully saturated rings. The summed E-state index contributed by atoms with van der Waals surface area (Å²) in [5.41, 5.74) is 4.06. The van der Waals surface area contributed by atoms with Crippen LogP contribution in [0.3, 0.4) is 0 Å². The molecule has 0 bridgehead atoms. The van der Waals surface area contributed by atoms with Crippen LogP contribution in [0.25, 0.3) is 0 Å². The van der Waals surface area contributed by atoms with Crippen LogP contribution < -0.4 is 4.74 Å². The van der Waals surface area contributed by atoms with Crippen LogP contribution in [0.4, 0.5) is 0 Å². The Kier molecular flexibility index (Phi) is 7.02. The van der Waals surface area contributed by atoms with Gasteiger partial charge >= 0.3 is 5.97 Å². The average Bonchev–Trinajstić information content (AvgIpc) is 2.76. The number of benzene rings is 3. The van der Waals surface area contributed by atoms with Crippen molar-refractivity contribution in [1.82, 2.24) is 0 Å². The van der Waals surface area contributed by atoms with Crippen molar-refractivity contribution in [2.24, 2.45) is 0 Å². The first-order chi connectivity index (χ1) is 14.5. The summed E-state index contributed by atoms with van der Waals surface area (Å²) in [7, 11) is 1.61. The molecule has 0 spiro atoms. The molecule has 154 valence electrons. The number of Topliss-reactive ketones (excluding diaryl/α,β-unsaturated/α-hetero) is 1. The summed E-state index contributed by atoms with van der Waals surface area (Å²) >= 11 is 0. The number of hydrogen-bond donors (Lipinski definition) is 0. The quantitative estimate of drug-likeness (QED) is 0.367. The van der Waals surface area contributed by atoms with Crippen LogP contribution in [0.5, 0.6) is 5.75 Å². The molecule has 3 aromatic rings. The summed E-state index contributed by atoms with van der Waals surface area (Å²) in [5.74, 6) is -0.0555. The second-order valence-electron chi connectivity index (χ2n) is 7.35. The number of rotatable bonds is 8. The van der Waals surface area contributed by atoms with Crippen molar-refractivity contribution >= 4 is 11.8 Å². The van der Waals surface area contributed by atoms with E-state index in [1.54, 1.807) is 19.2 Å². The smallest absolute Gasteiger partial charge is 0.338 e. The van der Waals surface area contributed by atoms with Gasteiger partial charge in [-0.2, -0.15) is 0 Å². The Balaban J connectivity index is 1.76. The van der Waals surface area contributed by atoms with Crippen molar-refractivity contribution in [3.05, 3.63) is 101 Å². The van der Waals surface area contributed by atoms with Crippen molar-refractivity contribution in [3.8, 4) is 5.75 Å². The molecule has 4 heteroatoms. The van der Waals surface area contributed by atoms with E-state index in [2.05, 4.69) is 0 Å². The monoisotopic (exact) mass is 402 g/mol. The zero-order valence-corrected chi connectivity index (χ0v) is 17.6. The molecule has 1 unspecified atom stereocenters. The standard InChI is InChI=1S/C26H26O4/c1-18-6-4-8-21(16-18)25(27)24(20-10-12-23(29-3)13-11-20)14-15-30-26(28)22-9-5-7-19(2)17-22/h4-13,16-17,24H,14-15H2,1-3H3. The average molecular weight is 402 g/mol. The number of hydrogen-bond acceptors (Lipinski definition) is 4. The predicted molar refractivity (Wildman–Crippen MR) is 117 cm³/mol. The highest BCUT2D eigenvalue weighted by Crippen LogP contribution is 2.27. The third kappa shape index (κ3) is 5.35. The Morgan fingerprint density at radius 2 is 1.43 bits per heavy atom. The minimum absolute atomic E-state index is 0.00970. The lowest BCUT2D eigenvalue weighted by Gasteiger charge is -2.17. The SMILES string of the molecule is COc1ccc(C(CCOC(=O)c2cccc(C)c2)C(=O)c2cccc(C)c2)cc1. The van der Waals surface area contributed by atoms with Crippen molar-refractivity contribution in [3.63, 3.8) is 0 Å². The van der Waals surface area contributed by atoms with Crippen LogP contribution >= 0.6 is 0 Å². The first-order valence-electron chi connectivity index (χ1n) is 9.96. The molecule has 0 amide bonds. The van der Waals surface area contributed by atoms with Crippen LogP contribution in [0.15, 0.2) is 72.8 Å². The molecule has 0 N–H and O–H groups in total. The van der Waals surface area contributed by atoms with Gasteiger partial charge in [0.2, 0.25) is 0 Å². The highest BCUT2D eigenvalue weighted by Gasteiger charge is 2.23. The van der Waals surface area contributed by atoms with Gasteiger partial charge in [0.1, 0.15) is 5.75 Å². The number of carbonyl (C=O) groups excluding carboxylic acids is 2. The predicted octanol–water partition coefficient (Wildman–Crippen LogP) is 5.53. The van der Waals surface area contributed by atoms with Gasteiger partial charge < -0.3 is 9.47 Å². The van der Waals surface area contributed by atoms with Gasteiger partial charge in [-0.25, -0.2) is 4.79 Å². The van der Waals surface area contributed by atoms with Gasteiger partial charge in [-0.3, -0.25) is 4.79 Å². The largest absolute Gasteiger partial charge is 0.497 e. The van der Waals surface area contributed by atoms with Gasteiger partial charge in [0.05, 0.1) is 25.2 Å². The Hall–Kier alpha value is -3.40. The van der Waals surface area contributed by atoms with Gasteiger partial charge in [0, 0.05) is 5.56 Å². The zero-order valence-electron chi connectivity index (χ0n) is 17.6. The third-order valence-corrected chi connectivity index (χ3v) is 5.03. The number of aryl methyl sites for hydroxylation is 2. The van der Waals surface area contributed by atoms with Crippen molar-refractivity contribution < 1.29 is 19.1 Å². The highest BCUT2D eigenvalue weighted by molar-refractivity contribution is 6.01. The number of methoxy groups -OCH3 is 1. The molecule has 3 rings (SSSR count). The number of ether oxygens (including phenoxy) is 2. The van der Waals surface area contributed by atoms with E-state index in [-0.39, 0.29) is 18.4 Å². The van der Waals surface area contributed by atoms with Gasteiger partial charge in [-0.1, -0.05) is 53.6 Å². The maximum atomic E-state index is 13.3. The van der Waals surface area contributed by atoms with Crippen LogP contribution in [0, 0.1) is 13.8 Å². The minimum Gasteiger partial charge on any atom is -0.497 e. The fraction of sp³-hybridized carbons (Fsp3) is 0.231. The Bertz CT molecular complexity index is 1020. The number of esters is 1. The lowest BCUT2D eigenvalue weighted by atomic mass is 9.88. The van der Waals surface area contributed by atoms with E-state index in [1.807, 2.05) is 74.5 Å². The first-order valence-corrected chi connectivity index (χ1v) is 9.96. The molecule has 0 aromatic heterocycles. The first kappa shape index (κ1) is 21.3. The summed E-state index contributed by atoms with van der Waals surface area (Å²) in [4.78, 5) is 25.6. The Morgan fingerprint density at radius 1 is 0.833 bits per heavy atom. The molecule has 0 radical (unpaired) electrons. The summed E-state index contributed by atoms with van der Waals surface area (Å²) < 4.78 is 10.7. The molecule has 0 saturated carbocycles. The van der Waals surface area contributed by atoms with Gasteiger partial charge in [-0.15, -0.1) is 0 Å². The topological polar surface area (TPSA) is 52.6 Å². The fourth-order valence-electron chi connectivity index (χ4n) is 3.41. The van der Waals surface area contributed by atoms with Crippen molar-refractivity contribution in [2.75, 3.05) is 13.7 Å². The fourth-order valence-corrected chi connectivity index (χ4v) is 3.41. The number of carbonyl (C=O) groups is 2. The minimum atomic E-state index is -0.414. The Labute approximate surface area is 177 Å². The van der Waals surface area contributed by atoms with Crippen LogP contribution in [-0.4, -0.2) is 25.5 Å². The molecule has 0 aliphatic heterocycles. The molecule has 0 saturated heterocycles. The summed E-state index contributed by atoms with van der Waals surface area (Å²) in [6, 6.07) is 22.3. The van der Waals surface area contributed by atoms with Crippen LogP contribution in [0.1, 0.15) is 49.7 Å². The lowest BCUT2D eigenvalue weighted by Crippen LogP contribution is -2.17. The van der Waals surface area contributed by atoms with E-state index in [0.717, 1.165) is 22.4 Å². The van der Waals surface area contributed by atoms with E-state index in [0.29, 0.717) is 17.5 Å². The molecule has 1 atom stereocenters. The second kappa shape index (κ2) is 9.88. The van der Waals surface area contributed by atoms with Crippen LogP contribution in [0.2, 0.25) is 0 Å².